The Labute approximate surface area is 111 Å². The highest BCUT2D eigenvalue weighted by Gasteiger charge is 2.19. The zero-order chi connectivity index (χ0) is 13.6. The average molecular weight is 278 g/mol. The summed E-state index contributed by atoms with van der Waals surface area (Å²) in [7, 11) is -2.93. The Kier molecular flexibility index (Phi) is 6.55. The van der Waals surface area contributed by atoms with E-state index in [-0.39, 0.29) is 17.1 Å². The highest BCUT2D eigenvalue weighted by atomic mass is 32.2. The molecule has 0 aromatic carbocycles. The van der Waals surface area contributed by atoms with Crippen LogP contribution in [-0.2, 0) is 14.6 Å². The Bertz CT molecular complexity index is 330. The van der Waals surface area contributed by atoms with Gasteiger partial charge in [0, 0.05) is 26.2 Å². The minimum Gasteiger partial charge on any atom is -0.374 e. The van der Waals surface area contributed by atoms with Crippen LogP contribution in [-0.4, -0.2) is 69.8 Å². The van der Waals surface area contributed by atoms with Crippen molar-refractivity contribution < 1.29 is 13.2 Å². The molecular weight excluding hydrogens is 252 g/mol. The van der Waals surface area contributed by atoms with E-state index in [1.54, 1.807) is 13.8 Å². The van der Waals surface area contributed by atoms with Gasteiger partial charge in [-0.3, -0.25) is 4.90 Å². The quantitative estimate of drug-likeness (QED) is 0.670. The zero-order valence-electron chi connectivity index (χ0n) is 11.7. The van der Waals surface area contributed by atoms with Crippen molar-refractivity contribution in [3.05, 3.63) is 0 Å². The summed E-state index contributed by atoms with van der Waals surface area (Å²) < 4.78 is 28.8. The highest BCUT2D eigenvalue weighted by molar-refractivity contribution is 7.92. The molecule has 1 aliphatic heterocycles. The van der Waals surface area contributed by atoms with Gasteiger partial charge < -0.3 is 10.1 Å². The number of ether oxygens (including phenoxy) is 1. The van der Waals surface area contributed by atoms with E-state index in [9.17, 15) is 8.42 Å². The number of likely N-dealkylation sites (N-methyl/N-ethyl adjacent to an activating group) is 1. The summed E-state index contributed by atoms with van der Waals surface area (Å²) >= 11 is 0. The molecule has 1 fully saturated rings. The number of rotatable bonds is 7. The van der Waals surface area contributed by atoms with E-state index in [0.29, 0.717) is 6.54 Å². The molecule has 1 rings (SSSR count). The Morgan fingerprint density at radius 3 is 2.78 bits per heavy atom. The van der Waals surface area contributed by atoms with E-state index in [2.05, 4.69) is 17.1 Å². The summed E-state index contributed by atoms with van der Waals surface area (Å²) in [5, 5.41) is 2.89. The molecular formula is C12H26N2O3S. The van der Waals surface area contributed by atoms with Crippen molar-refractivity contribution in [1.29, 1.82) is 0 Å². The molecule has 108 valence electrons. The maximum Gasteiger partial charge on any atom is 0.153 e. The van der Waals surface area contributed by atoms with Gasteiger partial charge in [0.1, 0.15) is 0 Å². The Balaban J connectivity index is 2.18. The first-order valence-electron chi connectivity index (χ1n) is 6.72. The zero-order valence-corrected chi connectivity index (χ0v) is 12.5. The molecule has 1 aliphatic rings. The van der Waals surface area contributed by atoms with Gasteiger partial charge in [-0.25, -0.2) is 8.42 Å². The van der Waals surface area contributed by atoms with Gasteiger partial charge in [-0.15, -0.1) is 0 Å². The van der Waals surface area contributed by atoms with Gasteiger partial charge >= 0.3 is 0 Å². The predicted octanol–water partition coefficient (Wildman–Crippen LogP) is 0.120. The van der Waals surface area contributed by atoms with Crippen LogP contribution in [0.2, 0.25) is 0 Å². The van der Waals surface area contributed by atoms with Crippen LogP contribution < -0.4 is 5.32 Å². The molecule has 5 nitrogen and oxygen atoms in total. The standard InChI is InChI=1S/C12H26N2O3S/c1-4-14-6-7-17-12(10-14)9-13-5-8-18(15,16)11(2)3/h11-13H,4-10H2,1-3H3. The third kappa shape index (κ3) is 5.22. The van der Waals surface area contributed by atoms with Crippen molar-refractivity contribution in [3.63, 3.8) is 0 Å². The lowest BCUT2D eigenvalue weighted by molar-refractivity contribution is -0.0249. The minimum atomic E-state index is -2.93. The van der Waals surface area contributed by atoms with Crippen molar-refractivity contribution in [2.24, 2.45) is 0 Å². The summed E-state index contributed by atoms with van der Waals surface area (Å²) in [4.78, 5) is 2.35. The normalized spacial score (nSPS) is 22.6. The van der Waals surface area contributed by atoms with Crippen molar-refractivity contribution in [2.75, 3.05) is 45.1 Å². The van der Waals surface area contributed by atoms with Gasteiger partial charge in [-0.2, -0.15) is 0 Å². The summed E-state index contributed by atoms with van der Waals surface area (Å²) in [5.74, 6) is 0.203. The van der Waals surface area contributed by atoms with Crippen LogP contribution in [0.1, 0.15) is 20.8 Å². The molecule has 1 atom stereocenters. The van der Waals surface area contributed by atoms with Crippen molar-refractivity contribution >= 4 is 9.84 Å². The molecule has 0 aliphatic carbocycles. The number of hydrogen-bond donors (Lipinski definition) is 1. The monoisotopic (exact) mass is 278 g/mol. The highest BCUT2D eigenvalue weighted by Crippen LogP contribution is 2.04. The van der Waals surface area contributed by atoms with Crippen molar-refractivity contribution in [3.8, 4) is 0 Å². The van der Waals surface area contributed by atoms with Gasteiger partial charge in [0.25, 0.3) is 0 Å². The van der Waals surface area contributed by atoms with Crippen LogP contribution in [0.3, 0.4) is 0 Å². The molecule has 0 aromatic rings. The lowest BCUT2D eigenvalue weighted by atomic mass is 10.2. The van der Waals surface area contributed by atoms with E-state index in [4.69, 9.17) is 4.74 Å². The molecule has 0 spiro atoms. The second-order valence-corrected chi connectivity index (χ2v) is 7.68. The predicted molar refractivity (Wildman–Crippen MR) is 73.6 cm³/mol. The van der Waals surface area contributed by atoms with E-state index < -0.39 is 9.84 Å². The van der Waals surface area contributed by atoms with Gasteiger partial charge in [0.2, 0.25) is 0 Å². The number of sulfone groups is 1. The first-order valence-corrected chi connectivity index (χ1v) is 8.43. The van der Waals surface area contributed by atoms with E-state index in [0.717, 1.165) is 32.8 Å². The lowest BCUT2D eigenvalue weighted by Gasteiger charge is -2.32. The van der Waals surface area contributed by atoms with Crippen LogP contribution in [0, 0.1) is 0 Å². The molecule has 1 saturated heterocycles. The molecule has 0 radical (unpaired) electrons. The first-order chi connectivity index (χ1) is 8.45. The maximum atomic E-state index is 11.6. The van der Waals surface area contributed by atoms with Crippen molar-refractivity contribution in [2.45, 2.75) is 32.1 Å². The maximum absolute atomic E-state index is 11.6. The van der Waals surface area contributed by atoms with Gasteiger partial charge in [0.15, 0.2) is 9.84 Å². The molecule has 0 amide bonds. The summed E-state index contributed by atoms with van der Waals surface area (Å²) in [6, 6.07) is 0. The third-order valence-electron chi connectivity index (χ3n) is 3.32. The fourth-order valence-corrected chi connectivity index (χ4v) is 2.80. The molecule has 6 heteroatoms. The largest absolute Gasteiger partial charge is 0.374 e. The average Bonchev–Trinajstić information content (AvgIpc) is 2.35. The Morgan fingerprint density at radius 2 is 2.17 bits per heavy atom. The van der Waals surface area contributed by atoms with Gasteiger partial charge in [0.05, 0.1) is 23.7 Å². The fourth-order valence-electron chi connectivity index (χ4n) is 1.90. The number of nitrogens with zero attached hydrogens (tertiary/aromatic N) is 1. The van der Waals surface area contributed by atoms with Gasteiger partial charge in [-0.05, 0) is 20.4 Å². The molecule has 18 heavy (non-hydrogen) atoms. The molecule has 0 aromatic heterocycles. The molecule has 1 unspecified atom stereocenters. The second-order valence-electron chi connectivity index (χ2n) is 5.01. The van der Waals surface area contributed by atoms with Crippen LogP contribution in [0.15, 0.2) is 0 Å². The number of nitrogens with one attached hydrogen (secondary N) is 1. The Hall–Kier alpha value is -0.170. The van der Waals surface area contributed by atoms with E-state index in [1.807, 2.05) is 0 Å². The second kappa shape index (κ2) is 7.43. The first kappa shape index (κ1) is 15.9. The third-order valence-corrected chi connectivity index (χ3v) is 5.53. The van der Waals surface area contributed by atoms with Crippen molar-refractivity contribution in [1.82, 2.24) is 10.2 Å². The van der Waals surface area contributed by atoms with Crippen LogP contribution in [0.5, 0.6) is 0 Å². The lowest BCUT2D eigenvalue weighted by Crippen LogP contribution is -2.47. The molecule has 0 saturated carbocycles. The van der Waals surface area contributed by atoms with Crippen LogP contribution in [0.4, 0.5) is 0 Å². The Morgan fingerprint density at radius 1 is 1.44 bits per heavy atom. The number of hydrogen-bond acceptors (Lipinski definition) is 5. The van der Waals surface area contributed by atoms with E-state index in [1.165, 1.54) is 0 Å². The summed E-state index contributed by atoms with van der Waals surface area (Å²) in [6.07, 6.45) is 0.181. The molecule has 0 bridgehead atoms. The topological polar surface area (TPSA) is 58.6 Å². The molecule has 1 heterocycles. The SMILES string of the molecule is CCN1CCOC(CNCCS(=O)(=O)C(C)C)C1. The number of morpholine rings is 1. The van der Waals surface area contributed by atoms with Crippen LogP contribution in [0.25, 0.3) is 0 Å². The van der Waals surface area contributed by atoms with Crippen LogP contribution >= 0.6 is 0 Å². The fraction of sp³-hybridized carbons (Fsp3) is 1.00. The minimum absolute atomic E-state index is 0.181. The summed E-state index contributed by atoms with van der Waals surface area (Å²) in [5.41, 5.74) is 0. The smallest absolute Gasteiger partial charge is 0.153 e. The summed E-state index contributed by atoms with van der Waals surface area (Å²) in [6.45, 7) is 10.6. The molecule has 1 N–H and O–H groups in total. The van der Waals surface area contributed by atoms with Gasteiger partial charge in [-0.1, -0.05) is 6.92 Å². The van der Waals surface area contributed by atoms with E-state index >= 15 is 0 Å².